The molecule has 0 radical (unpaired) electrons. The summed E-state index contributed by atoms with van der Waals surface area (Å²) >= 11 is 0. The Morgan fingerprint density at radius 1 is 1.62 bits per heavy atom. The largest absolute Gasteiger partial charge is 0.460 e. The van der Waals surface area contributed by atoms with Gasteiger partial charge in [0.05, 0.1) is 19.8 Å². The summed E-state index contributed by atoms with van der Waals surface area (Å²) in [6.07, 6.45) is -0.812. The third kappa shape index (κ3) is 8.37. The van der Waals surface area contributed by atoms with Crippen LogP contribution in [0.25, 0.3) is 0 Å². The van der Waals surface area contributed by atoms with E-state index in [1.54, 1.807) is 0 Å². The van der Waals surface area contributed by atoms with Gasteiger partial charge in [-0.05, 0) is 6.92 Å². The van der Waals surface area contributed by atoms with Crippen LogP contribution in [-0.4, -0.2) is 59.9 Å². The second-order valence-electron chi connectivity index (χ2n) is 3.35. The molecule has 0 amide bonds. The molecule has 0 aromatic carbocycles. The van der Waals surface area contributed by atoms with Crippen molar-refractivity contribution in [1.29, 1.82) is 0 Å². The SMILES string of the molecule is C=C(C)C(=O)OCC(O)CO.OCC1CO1. The molecule has 94 valence electrons. The van der Waals surface area contributed by atoms with Crippen molar-refractivity contribution in [2.24, 2.45) is 0 Å². The first-order valence-corrected chi connectivity index (χ1v) is 4.85. The summed E-state index contributed by atoms with van der Waals surface area (Å²) in [6, 6.07) is 0. The fourth-order valence-corrected chi connectivity index (χ4v) is 0.521. The summed E-state index contributed by atoms with van der Waals surface area (Å²) < 4.78 is 9.12. The van der Waals surface area contributed by atoms with Gasteiger partial charge in [0.1, 0.15) is 18.8 Å². The van der Waals surface area contributed by atoms with E-state index in [0.29, 0.717) is 0 Å². The first kappa shape index (κ1) is 15.0. The Kier molecular flexibility index (Phi) is 7.74. The van der Waals surface area contributed by atoms with E-state index >= 15 is 0 Å². The van der Waals surface area contributed by atoms with Gasteiger partial charge in [-0.3, -0.25) is 0 Å². The molecule has 0 aromatic rings. The van der Waals surface area contributed by atoms with E-state index in [0.717, 1.165) is 6.61 Å². The van der Waals surface area contributed by atoms with Crippen molar-refractivity contribution >= 4 is 5.97 Å². The molecule has 1 rings (SSSR count). The lowest BCUT2D eigenvalue weighted by Crippen LogP contribution is -2.22. The van der Waals surface area contributed by atoms with E-state index in [-0.39, 0.29) is 24.9 Å². The third-order valence-electron chi connectivity index (χ3n) is 1.57. The van der Waals surface area contributed by atoms with Crippen molar-refractivity contribution in [2.45, 2.75) is 19.1 Å². The van der Waals surface area contributed by atoms with Crippen LogP contribution < -0.4 is 0 Å². The van der Waals surface area contributed by atoms with Crippen LogP contribution in [-0.2, 0) is 14.3 Å². The van der Waals surface area contributed by atoms with E-state index in [1.807, 2.05) is 0 Å². The Balaban J connectivity index is 0.000000368. The van der Waals surface area contributed by atoms with Crippen LogP contribution >= 0.6 is 0 Å². The molecule has 1 heterocycles. The molecule has 0 spiro atoms. The highest BCUT2D eigenvalue weighted by Gasteiger charge is 2.19. The highest BCUT2D eigenvalue weighted by Crippen LogP contribution is 2.04. The normalized spacial score (nSPS) is 19.1. The minimum Gasteiger partial charge on any atom is -0.460 e. The van der Waals surface area contributed by atoms with Gasteiger partial charge in [0.25, 0.3) is 0 Å². The molecule has 1 fully saturated rings. The van der Waals surface area contributed by atoms with Crippen molar-refractivity contribution < 1.29 is 29.6 Å². The molecular weight excluding hydrogens is 216 g/mol. The number of esters is 1. The zero-order valence-corrected chi connectivity index (χ0v) is 9.26. The molecular formula is C10H18O6. The number of aliphatic hydroxyl groups is 3. The van der Waals surface area contributed by atoms with Crippen molar-refractivity contribution in [1.82, 2.24) is 0 Å². The van der Waals surface area contributed by atoms with E-state index < -0.39 is 18.7 Å². The number of epoxide rings is 1. The molecule has 1 aliphatic rings. The molecule has 0 saturated carbocycles. The van der Waals surface area contributed by atoms with E-state index in [2.05, 4.69) is 16.1 Å². The minimum atomic E-state index is -1.00. The quantitative estimate of drug-likeness (QED) is 0.315. The lowest BCUT2D eigenvalue weighted by molar-refractivity contribution is -0.142. The maximum Gasteiger partial charge on any atom is 0.333 e. The van der Waals surface area contributed by atoms with Gasteiger partial charge in [-0.2, -0.15) is 0 Å². The van der Waals surface area contributed by atoms with Gasteiger partial charge < -0.3 is 24.8 Å². The fourth-order valence-electron chi connectivity index (χ4n) is 0.521. The molecule has 16 heavy (non-hydrogen) atoms. The topological polar surface area (TPSA) is 99.5 Å². The molecule has 1 aliphatic heterocycles. The van der Waals surface area contributed by atoms with Gasteiger partial charge in [-0.1, -0.05) is 6.58 Å². The number of aliphatic hydroxyl groups excluding tert-OH is 3. The van der Waals surface area contributed by atoms with Crippen molar-refractivity contribution in [3.05, 3.63) is 12.2 Å². The van der Waals surface area contributed by atoms with Gasteiger partial charge in [0.15, 0.2) is 0 Å². The van der Waals surface area contributed by atoms with Crippen LogP contribution in [0.1, 0.15) is 6.92 Å². The van der Waals surface area contributed by atoms with Gasteiger partial charge in [0.2, 0.25) is 0 Å². The Hall–Kier alpha value is -0.950. The first-order valence-electron chi connectivity index (χ1n) is 4.85. The molecule has 2 unspecified atom stereocenters. The second kappa shape index (κ2) is 8.23. The summed E-state index contributed by atoms with van der Waals surface area (Å²) in [7, 11) is 0. The first-order chi connectivity index (χ1) is 7.51. The second-order valence-corrected chi connectivity index (χ2v) is 3.35. The van der Waals surface area contributed by atoms with E-state index in [1.165, 1.54) is 6.92 Å². The molecule has 6 nitrogen and oxygen atoms in total. The van der Waals surface area contributed by atoms with E-state index in [9.17, 15) is 4.79 Å². The summed E-state index contributed by atoms with van der Waals surface area (Å²) in [5, 5.41) is 25.1. The van der Waals surface area contributed by atoms with Crippen LogP contribution in [0.4, 0.5) is 0 Å². The van der Waals surface area contributed by atoms with Gasteiger partial charge in [-0.25, -0.2) is 4.79 Å². The maximum absolute atomic E-state index is 10.6. The van der Waals surface area contributed by atoms with Gasteiger partial charge >= 0.3 is 5.97 Å². The monoisotopic (exact) mass is 234 g/mol. The Labute approximate surface area is 94.1 Å². The number of ether oxygens (including phenoxy) is 2. The minimum absolute atomic E-state index is 0.190. The van der Waals surface area contributed by atoms with Crippen molar-refractivity contribution in [3.63, 3.8) is 0 Å². The van der Waals surface area contributed by atoms with E-state index in [4.69, 9.17) is 15.3 Å². The highest BCUT2D eigenvalue weighted by atomic mass is 16.6. The van der Waals surface area contributed by atoms with Crippen LogP contribution in [0.5, 0.6) is 0 Å². The average Bonchev–Trinajstić information content (AvgIpc) is 3.09. The van der Waals surface area contributed by atoms with Crippen LogP contribution in [0.15, 0.2) is 12.2 Å². The van der Waals surface area contributed by atoms with Gasteiger partial charge in [0, 0.05) is 5.57 Å². The summed E-state index contributed by atoms with van der Waals surface area (Å²) in [5.74, 6) is -0.558. The number of hydrogen-bond acceptors (Lipinski definition) is 6. The molecule has 3 N–H and O–H groups in total. The molecule has 0 aromatic heterocycles. The lowest BCUT2D eigenvalue weighted by Gasteiger charge is -2.07. The Morgan fingerprint density at radius 3 is 2.44 bits per heavy atom. The standard InChI is InChI=1S/C7H12O4.C3H6O2/c1-5(2)7(10)11-4-6(9)3-8;4-1-3-2-5-3/h6,8-9H,1,3-4H2,2H3;3-4H,1-2H2. The predicted molar refractivity (Wildman–Crippen MR) is 55.7 cm³/mol. The number of rotatable bonds is 5. The Morgan fingerprint density at radius 2 is 2.19 bits per heavy atom. The summed E-state index contributed by atoms with van der Waals surface area (Å²) in [5.41, 5.74) is 0.273. The fraction of sp³-hybridized carbons (Fsp3) is 0.700. The summed E-state index contributed by atoms with van der Waals surface area (Å²) in [4.78, 5) is 10.6. The van der Waals surface area contributed by atoms with Crippen LogP contribution in [0, 0.1) is 0 Å². The van der Waals surface area contributed by atoms with Crippen molar-refractivity contribution in [3.8, 4) is 0 Å². The van der Waals surface area contributed by atoms with Gasteiger partial charge in [-0.15, -0.1) is 0 Å². The average molecular weight is 234 g/mol. The van der Waals surface area contributed by atoms with Crippen LogP contribution in [0.2, 0.25) is 0 Å². The molecule has 6 heteroatoms. The molecule has 2 atom stereocenters. The van der Waals surface area contributed by atoms with Crippen LogP contribution in [0.3, 0.4) is 0 Å². The molecule has 0 aliphatic carbocycles. The summed E-state index contributed by atoms with van der Waals surface area (Å²) in [6.45, 7) is 5.20. The number of carbonyl (C=O) groups excluding carboxylic acids is 1. The lowest BCUT2D eigenvalue weighted by atomic mass is 10.3. The zero-order chi connectivity index (χ0) is 12.6. The highest BCUT2D eigenvalue weighted by molar-refractivity contribution is 5.86. The predicted octanol–water partition coefficient (Wildman–Crippen LogP) is -1.16. The smallest absolute Gasteiger partial charge is 0.333 e. The molecule has 0 bridgehead atoms. The van der Waals surface area contributed by atoms with Crippen molar-refractivity contribution in [2.75, 3.05) is 26.4 Å². The maximum atomic E-state index is 10.6. The molecule has 1 saturated heterocycles. The third-order valence-corrected chi connectivity index (χ3v) is 1.57. The Bertz CT molecular complexity index is 223. The number of hydrogen-bond donors (Lipinski definition) is 3. The number of carbonyl (C=O) groups is 1. The zero-order valence-electron chi connectivity index (χ0n) is 9.26.